The molecule has 1 amide bonds. The van der Waals surface area contributed by atoms with Crippen LogP contribution in [0.4, 0.5) is 0 Å². The Morgan fingerprint density at radius 1 is 1.53 bits per heavy atom. The van der Waals surface area contributed by atoms with Crippen molar-refractivity contribution in [2.24, 2.45) is 0 Å². The molecule has 0 spiro atoms. The van der Waals surface area contributed by atoms with Gasteiger partial charge in [0.05, 0.1) is 0 Å². The summed E-state index contributed by atoms with van der Waals surface area (Å²) in [5.41, 5.74) is 0. The molecule has 0 saturated carbocycles. The number of fused-ring (bicyclic) bond motifs is 1. The lowest BCUT2D eigenvalue weighted by molar-refractivity contribution is -0.118. The van der Waals surface area contributed by atoms with E-state index >= 15 is 0 Å². The minimum Gasteiger partial charge on any atom is -0.355 e. The number of nitrogens with zero attached hydrogens (tertiary/aromatic N) is 2. The highest BCUT2D eigenvalue weighted by atomic mass is 35.5. The number of carbonyl (C=O) groups excluding carboxylic acids is 1. The van der Waals surface area contributed by atoms with Gasteiger partial charge in [0.15, 0.2) is 15.1 Å². The summed E-state index contributed by atoms with van der Waals surface area (Å²) in [6, 6.07) is 0. The number of hydrogen-bond acceptors (Lipinski definition) is 5. The van der Waals surface area contributed by atoms with E-state index in [1.165, 1.54) is 22.7 Å². The molecule has 0 aliphatic rings. The lowest BCUT2D eigenvalue weighted by atomic mass is 10.6. The molecule has 2 rings (SSSR count). The average molecular weight is 323 g/mol. The molecule has 0 aliphatic carbocycles. The maximum Gasteiger partial charge on any atom is 0.259 e. The van der Waals surface area contributed by atoms with Crippen molar-refractivity contribution in [2.45, 2.75) is 11.9 Å². The zero-order valence-electron chi connectivity index (χ0n) is 9.88. The Balaban J connectivity index is 2.17. The molecule has 10 heteroatoms. The third-order valence-electron chi connectivity index (χ3n) is 2.22. The van der Waals surface area contributed by atoms with Crippen LogP contribution >= 0.6 is 22.9 Å². The van der Waals surface area contributed by atoms with Gasteiger partial charge in [0, 0.05) is 31.6 Å². The second-order valence-electron chi connectivity index (χ2n) is 3.64. The fourth-order valence-corrected chi connectivity index (χ4v) is 3.95. The predicted octanol–water partition coefficient (Wildman–Crippen LogP) is 0.464. The highest BCUT2D eigenvalue weighted by Crippen LogP contribution is 2.24. The average Bonchev–Trinajstić information content (AvgIpc) is 2.83. The lowest BCUT2D eigenvalue weighted by Crippen LogP contribution is -2.34. The third-order valence-corrected chi connectivity index (χ3v) is 4.84. The van der Waals surface area contributed by atoms with Gasteiger partial charge in [-0.3, -0.25) is 9.20 Å². The summed E-state index contributed by atoms with van der Waals surface area (Å²) >= 11 is 7.13. The molecule has 0 bridgehead atoms. The van der Waals surface area contributed by atoms with Crippen molar-refractivity contribution in [3.05, 3.63) is 16.7 Å². The van der Waals surface area contributed by atoms with Gasteiger partial charge in [-0.05, 0) is 0 Å². The van der Waals surface area contributed by atoms with E-state index in [9.17, 15) is 13.2 Å². The van der Waals surface area contributed by atoms with Crippen LogP contribution in [0, 0.1) is 0 Å². The molecule has 104 valence electrons. The molecule has 2 aromatic rings. The molecule has 0 atom stereocenters. The molecular weight excluding hydrogens is 312 g/mol. The van der Waals surface area contributed by atoms with Gasteiger partial charge in [0.25, 0.3) is 10.0 Å². The molecule has 19 heavy (non-hydrogen) atoms. The van der Waals surface area contributed by atoms with Crippen LogP contribution in [0.1, 0.15) is 6.92 Å². The minimum absolute atomic E-state index is 0.0705. The Morgan fingerprint density at radius 2 is 2.26 bits per heavy atom. The van der Waals surface area contributed by atoms with E-state index in [-0.39, 0.29) is 29.2 Å². The normalized spacial score (nSPS) is 11.9. The number of imidazole rings is 1. The molecule has 2 heterocycles. The highest BCUT2D eigenvalue weighted by molar-refractivity contribution is 7.89. The molecule has 0 unspecified atom stereocenters. The van der Waals surface area contributed by atoms with E-state index < -0.39 is 10.0 Å². The molecule has 0 aliphatic heterocycles. The van der Waals surface area contributed by atoms with Gasteiger partial charge in [0.1, 0.15) is 0 Å². The Labute approximate surface area is 118 Å². The van der Waals surface area contributed by atoms with Gasteiger partial charge in [-0.25, -0.2) is 18.1 Å². The molecule has 0 aromatic carbocycles. The standard InChI is InChI=1S/C9H11ClN4O3S2/c1-6(15)11-2-3-12-19(16,17)8-7(10)13-9-14(8)4-5-18-9/h4-5,12H,2-3H2,1H3,(H,11,15). The van der Waals surface area contributed by atoms with Crippen LogP contribution in [0.2, 0.25) is 5.15 Å². The van der Waals surface area contributed by atoms with Gasteiger partial charge in [-0.1, -0.05) is 11.6 Å². The topological polar surface area (TPSA) is 92.6 Å². The first kappa shape index (κ1) is 14.3. The van der Waals surface area contributed by atoms with Crippen LogP contribution in [0.15, 0.2) is 16.6 Å². The van der Waals surface area contributed by atoms with Crippen molar-refractivity contribution in [1.29, 1.82) is 0 Å². The van der Waals surface area contributed by atoms with Crippen LogP contribution in [0.5, 0.6) is 0 Å². The Kier molecular flexibility index (Phi) is 4.09. The van der Waals surface area contributed by atoms with Crippen molar-refractivity contribution < 1.29 is 13.2 Å². The van der Waals surface area contributed by atoms with Crippen molar-refractivity contribution in [1.82, 2.24) is 19.4 Å². The fourth-order valence-electron chi connectivity index (χ4n) is 1.47. The van der Waals surface area contributed by atoms with E-state index in [2.05, 4.69) is 15.0 Å². The van der Waals surface area contributed by atoms with Crippen molar-refractivity contribution in [3.63, 3.8) is 0 Å². The third kappa shape index (κ3) is 3.06. The highest BCUT2D eigenvalue weighted by Gasteiger charge is 2.24. The number of halogens is 1. The summed E-state index contributed by atoms with van der Waals surface area (Å²) in [7, 11) is -3.77. The summed E-state index contributed by atoms with van der Waals surface area (Å²) in [5, 5.41) is 4.05. The summed E-state index contributed by atoms with van der Waals surface area (Å²) in [5.74, 6) is -0.221. The number of amides is 1. The van der Waals surface area contributed by atoms with Crippen LogP contribution in [-0.4, -0.2) is 36.8 Å². The van der Waals surface area contributed by atoms with E-state index in [1.54, 1.807) is 11.6 Å². The van der Waals surface area contributed by atoms with Gasteiger partial charge >= 0.3 is 0 Å². The number of hydrogen-bond donors (Lipinski definition) is 2. The van der Waals surface area contributed by atoms with Gasteiger partial charge in [0.2, 0.25) is 5.91 Å². The first-order chi connectivity index (χ1) is 8.92. The van der Waals surface area contributed by atoms with E-state index in [4.69, 9.17) is 11.6 Å². The van der Waals surface area contributed by atoms with Crippen molar-refractivity contribution >= 4 is 43.8 Å². The minimum atomic E-state index is -3.77. The molecule has 0 saturated heterocycles. The SMILES string of the molecule is CC(=O)NCCNS(=O)(=O)c1c(Cl)nc2sccn12. The number of thiazole rings is 1. The van der Waals surface area contributed by atoms with Crippen LogP contribution in [0.25, 0.3) is 4.96 Å². The van der Waals surface area contributed by atoms with E-state index in [1.807, 2.05) is 0 Å². The van der Waals surface area contributed by atoms with Gasteiger partial charge in [-0.15, -0.1) is 11.3 Å². The maximum atomic E-state index is 12.1. The number of rotatable bonds is 5. The quantitative estimate of drug-likeness (QED) is 0.782. The number of aromatic nitrogens is 2. The Morgan fingerprint density at radius 3 is 2.95 bits per heavy atom. The number of nitrogens with one attached hydrogen (secondary N) is 2. The summed E-state index contributed by atoms with van der Waals surface area (Å²) in [4.78, 5) is 15.1. The van der Waals surface area contributed by atoms with Gasteiger partial charge < -0.3 is 5.32 Å². The van der Waals surface area contributed by atoms with Gasteiger partial charge in [-0.2, -0.15) is 0 Å². The second-order valence-corrected chi connectivity index (χ2v) is 6.56. The van der Waals surface area contributed by atoms with Crippen molar-refractivity contribution in [2.75, 3.05) is 13.1 Å². The lowest BCUT2D eigenvalue weighted by Gasteiger charge is -2.06. The fraction of sp³-hybridized carbons (Fsp3) is 0.333. The van der Waals surface area contributed by atoms with Crippen LogP contribution in [0.3, 0.4) is 0 Å². The molecule has 7 nitrogen and oxygen atoms in total. The zero-order valence-corrected chi connectivity index (χ0v) is 12.3. The smallest absolute Gasteiger partial charge is 0.259 e. The summed E-state index contributed by atoms with van der Waals surface area (Å²) < 4.78 is 28.0. The van der Waals surface area contributed by atoms with E-state index in [0.29, 0.717) is 4.96 Å². The molecule has 0 radical (unpaired) electrons. The van der Waals surface area contributed by atoms with Crippen molar-refractivity contribution in [3.8, 4) is 0 Å². The predicted molar refractivity (Wildman–Crippen MR) is 72.0 cm³/mol. The summed E-state index contributed by atoms with van der Waals surface area (Å²) in [6.45, 7) is 1.64. The number of sulfonamides is 1. The van der Waals surface area contributed by atoms with Crippen LogP contribution in [-0.2, 0) is 14.8 Å². The largest absolute Gasteiger partial charge is 0.355 e. The zero-order chi connectivity index (χ0) is 14.0. The Bertz CT molecular complexity index is 706. The summed E-state index contributed by atoms with van der Waals surface area (Å²) in [6.07, 6.45) is 1.58. The first-order valence-electron chi connectivity index (χ1n) is 5.27. The van der Waals surface area contributed by atoms with E-state index in [0.717, 1.165) is 0 Å². The molecular formula is C9H11ClN4O3S2. The second kappa shape index (κ2) is 5.45. The first-order valence-corrected chi connectivity index (χ1v) is 8.01. The van der Waals surface area contributed by atoms with Crippen LogP contribution < -0.4 is 10.0 Å². The monoisotopic (exact) mass is 322 g/mol. The number of carbonyl (C=O) groups is 1. The molecule has 0 fully saturated rings. The molecule has 2 aromatic heterocycles. The maximum absolute atomic E-state index is 12.1. The molecule has 2 N–H and O–H groups in total. The Hall–Kier alpha value is -1.16.